The van der Waals surface area contributed by atoms with E-state index in [0.717, 1.165) is 0 Å². The molecule has 3 aromatic rings. The summed E-state index contributed by atoms with van der Waals surface area (Å²) in [5.41, 5.74) is 1.03. The first-order valence-electron chi connectivity index (χ1n) is 9.82. The van der Waals surface area contributed by atoms with Crippen LogP contribution in [0.15, 0.2) is 72.8 Å². The number of hydrogen-bond donors (Lipinski definition) is 0. The molecule has 0 saturated carbocycles. The van der Waals surface area contributed by atoms with Crippen LogP contribution >= 0.6 is 11.6 Å². The number of nitro benzene ring substituents is 1. The minimum atomic E-state index is -0.434. The number of hydrogen-bond acceptors (Lipinski definition) is 5. The van der Waals surface area contributed by atoms with E-state index in [4.69, 9.17) is 16.3 Å². The minimum Gasteiger partial charge on any atom is -0.457 e. The molecule has 1 amide bonds. The van der Waals surface area contributed by atoms with Crippen molar-refractivity contribution in [2.45, 2.75) is 0 Å². The number of halogens is 1. The molecular weight excluding hydrogens is 418 g/mol. The van der Waals surface area contributed by atoms with Crippen LogP contribution in [-0.4, -0.2) is 41.9 Å². The number of amides is 1. The third-order valence-electron chi connectivity index (χ3n) is 5.10. The van der Waals surface area contributed by atoms with E-state index in [1.165, 1.54) is 6.07 Å². The lowest BCUT2D eigenvalue weighted by atomic mass is 10.1. The van der Waals surface area contributed by atoms with Crippen LogP contribution in [0.4, 0.5) is 11.4 Å². The van der Waals surface area contributed by atoms with Gasteiger partial charge in [0.15, 0.2) is 0 Å². The summed E-state index contributed by atoms with van der Waals surface area (Å²) in [5, 5.41) is 11.7. The SMILES string of the molecule is O=C(c1cccc(Oc2ccccc2)c1)N1CCN(c2ccc(Cl)cc2[N+](=O)[O-])CC1. The normalized spacial score (nSPS) is 13.7. The summed E-state index contributed by atoms with van der Waals surface area (Å²) < 4.78 is 5.82. The van der Waals surface area contributed by atoms with Crippen LogP contribution in [0.5, 0.6) is 11.5 Å². The molecule has 158 valence electrons. The molecule has 3 aromatic carbocycles. The quantitative estimate of drug-likeness (QED) is 0.414. The highest BCUT2D eigenvalue weighted by Crippen LogP contribution is 2.32. The molecule has 0 unspecified atom stereocenters. The van der Waals surface area contributed by atoms with E-state index in [2.05, 4.69) is 0 Å². The van der Waals surface area contributed by atoms with Gasteiger partial charge in [0.1, 0.15) is 17.2 Å². The second-order valence-corrected chi connectivity index (χ2v) is 7.55. The van der Waals surface area contributed by atoms with E-state index in [1.54, 1.807) is 41.3 Å². The zero-order valence-corrected chi connectivity index (χ0v) is 17.4. The van der Waals surface area contributed by atoms with Gasteiger partial charge in [0.2, 0.25) is 0 Å². The fraction of sp³-hybridized carbons (Fsp3) is 0.174. The Labute approximate surface area is 184 Å². The number of benzene rings is 3. The second kappa shape index (κ2) is 9.06. The fourth-order valence-corrected chi connectivity index (χ4v) is 3.73. The van der Waals surface area contributed by atoms with Crippen molar-refractivity contribution in [1.29, 1.82) is 0 Å². The van der Waals surface area contributed by atoms with Gasteiger partial charge >= 0.3 is 0 Å². The Kier molecular flexibility index (Phi) is 6.04. The molecule has 0 aromatic heterocycles. The number of carbonyl (C=O) groups excluding carboxylic acids is 1. The molecule has 1 fully saturated rings. The van der Waals surface area contributed by atoms with Crippen LogP contribution in [0.3, 0.4) is 0 Å². The van der Waals surface area contributed by atoms with Crippen LogP contribution in [0, 0.1) is 10.1 Å². The first-order chi connectivity index (χ1) is 15.0. The van der Waals surface area contributed by atoms with Gasteiger partial charge < -0.3 is 14.5 Å². The fourth-order valence-electron chi connectivity index (χ4n) is 3.56. The zero-order chi connectivity index (χ0) is 21.8. The molecule has 0 aliphatic carbocycles. The summed E-state index contributed by atoms with van der Waals surface area (Å²) in [6.45, 7) is 1.91. The van der Waals surface area contributed by atoms with Crippen molar-refractivity contribution in [3.05, 3.63) is 93.5 Å². The first-order valence-corrected chi connectivity index (χ1v) is 10.2. The summed E-state index contributed by atoms with van der Waals surface area (Å²) in [7, 11) is 0. The molecule has 0 N–H and O–H groups in total. The molecule has 1 aliphatic rings. The predicted molar refractivity (Wildman–Crippen MR) is 119 cm³/mol. The number of piperazine rings is 1. The van der Waals surface area contributed by atoms with Crippen molar-refractivity contribution in [1.82, 2.24) is 4.90 Å². The second-order valence-electron chi connectivity index (χ2n) is 7.11. The lowest BCUT2D eigenvalue weighted by Crippen LogP contribution is -2.49. The summed E-state index contributed by atoms with van der Waals surface area (Å²) in [6, 6.07) is 21.1. The van der Waals surface area contributed by atoms with Gasteiger partial charge in [0.05, 0.1) is 4.92 Å². The molecular formula is C23H20ClN3O4. The van der Waals surface area contributed by atoms with Gasteiger partial charge in [0, 0.05) is 42.8 Å². The Morgan fingerprint density at radius 3 is 2.32 bits per heavy atom. The molecule has 4 rings (SSSR count). The molecule has 0 spiro atoms. The monoisotopic (exact) mass is 437 g/mol. The van der Waals surface area contributed by atoms with Crippen LogP contribution in [0.1, 0.15) is 10.4 Å². The maximum absolute atomic E-state index is 13.0. The van der Waals surface area contributed by atoms with E-state index in [-0.39, 0.29) is 11.6 Å². The number of ether oxygens (including phenoxy) is 1. The third-order valence-corrected chi connectivity index (χ3v) is 5.34. The minimum absolute atomic E-state index is 0.0296. The summed E-state index contributed by atoms with van der Waals surface area (Å²) in [6.07, 6.45) is 0. The average molecular weight is 438 g/mol. The van der Waals surface area contributed by atoms with Crippen molar-refractivity contribution >= 4 is 28.9 Å². The van der Waals surface area contributed by atoms with Crippen molar-refractivity contribution in [3.63, 3.8) is 0 Å². The van der Waals surface area contributed by atoms with E-state index in [9.17, 15) is 14.9 Å². The predicted octanol–water partition coefficient (Wildman–Crippen LogP) is 5.00. The highest BCUT2D eigenvalue weighted by Gasteiger charge is 2.26. The maximum Gasteiger partial charge on any atom is 0.294 e. The Bertz CT molecular complexity index is 1100. The topological polar surface area (TPSA) is 75.9 Å². The van der Waals surface area contributed by atoms with Crippen LogP contribution in [0.2, 0.25) is 5.02 Å². The van der Waals surface area contributed by atoms with E-state index < -0.39 is 4.92 Å². The van der Waals surface area contributed by atoms with Crippen LogP contribution in [-0.2, 0) is 0 Å². The van der Waals surface area contributed by atoms with Gasteiger partial charge in [-0.25, -0.2) is 0 Å². The largest absolute Gasteiger partial charge is 0.457 e. The van der Waals surface area contributed by atoms with E-state index in [0.29, 0.717) is 54.0 Å². The summed E-state index contributed by atoms with van der Waals surface area (Å²) in [4.78, 5) is 27.6. The first kappa shape index (κ1) is 20.7. The van der Waals surface area contributed by atoms with Crippen LogP contribution < -0.4 is 9.64 Å². The number of nitrogens with zero attached hydrogens (tertiary/aromatic N) is 3. The number of anilines is 1. The Morgan fingerprint density at radius 1 is 0.903 bits per heavy atom. The Hall–Kier alpha value is -3.58. The molecule has 0 bridgehead atoms. The summed E-state index contributed by atoms with van der Waals surface area (Å²) in [5.74, 6) is 1.20. The number of para-hydroxylation sites is 1. The van der Waals surface area contributed by atoms with Gasteiger partial charge in [-0.2, -0.15) is 0 Å². The molecule has 1 saturated heterocycles. The number of carbonyl (C=O) groups is 1. The highest BCUT2D eigenvalue weighted by atomic mass is 35.5. The van der Waals surface area contributed by atoms with Crippen molar-refractivity contribution in [2.75, 3.05) is 31.1 Å². The van der Waals surface area contributed by atoms with E-state index in [1.807, 2.05) is 35.2 Å². The van der Waals surface area contributed by atoms with E-state index >= 15 is 0 Å². The molecule has 0 radical (unpaired) electrons. The standard InChI is InChI=1S/C23H20ClN3O4/c24-18-9-10-21(22(16-18)27(29)30)25-11-13-26(14-12-25)23(28)17-5-4-8-20(15-17)31-19-6-2-1-3-7-19/h1-10,15-16H,11-14H2. The number of nitro groups is 1. The van der Waals surface area contributed by atoms with Gasteiger partial charge in [-0.1, -0.05) is 35.9 Å². The van der Waals surface area contributed by atoms with Gasteiger partial charge in [-0.05, 0) is 42.5 Å². The third kappa shape index (κ3) is 4.78. The molecule has 31 heavy (non-hydrogen) atoms. The smallest absolute Gasteiger partial charge is 0.294 e. The molecule has 0 atom stereocenters. The average Bonchev–Trinajstić information content (AvgIpc) is 2.79. The van der Waals surface area contributed by atoms with Crippen LogP contribution in [0.25, 0.3) is 0 Å². The maximum atomic E-state index is 13.0. The van der Waals surface area contributed by atoms with Gasteiger partial charge in [-0.15, -0.1) is 0 Å². The molecule has 1 heterocycles. The Balaban J connectivity index is 1.43. The molecule has 1 aliphatic heterocycles. The summed E-state index contributed by atoms with van der Waals surface area (Å²) >= 11 is 5.91. The van der Waals surface area contributed by atoms with Crippen molar-refractivity contribution < 1.29 is 14.5 Å². The van der Waals surface area contributed by atoms with Gasteiger partial charge in [0.25, 0.3) is 11.6 Å². The molecule has 8 heteroatoms. The van der Waals surface area contributed by atoms with Crippen molar-refractivity contribution in [2.24, 2.45) is 0 Å². The Morgan fingerprint density at radius 2 is 1.61 bits per heavy atom. The highest BCUT2D eigenvalue weighted by molar-refractivity contribution is 6.30. The zero-order valence-electron chi connectivity index (χ0n) is 16.6. The lowest BCUT2D eigenvalue weighted by Gasteiger charge is -2.35. The lowest BCUT2D eigenvalue weighted by molar-refractivity contribution is -0.384. The number of rotatable bonds is 5. The van der Waals surface area contributed by atoms with Crippen molar-refractivity contribution in [3.8, 4) is 11.5 Å². The molecule has 7 nitrogen and oxygen atoms in total. The van der Waals surface area contributed by atoms with Gasteiger partial charge in [-0.3, -0.25) is 14.9 Å².